The number of nitrogens with zero attached hydrogens (tertiary/aromatic N) is 2. The minimum absolute atomic E-state index is 0.0396. The van der Waals surface area contributed by atoms with Crippen LogP contribution in [-0.2, 0) is 4.79 Å². The molecule has 1 amide bonds. The average molecular weight is 294 g/mol. The summed E-state index contributed by atoms with van der Waals surface area (Å²) >= 11 is 0. The van der Waals surface area contributed by atoms with Crippen molar-refractivity contribution in [2.75, 3.05) is 27.2 Å². The van der Waals surface area contributed by atoms with Gasteiger partial charge in [0.2, 0.25) is 5.91 Å². The van der Waals surface area contributed by atoms with Crippen LogP contribution in [0, 0.1) is 5.82 Å². The number of hydrogen-bond donors (Lipinski definition) is 0. The van der Waals surface area contributed by atoms with Gasteiger partial charge in [0, 0.05) is 19.7 Å². The van der Waals surface area contributed by atoms with E-state index in [4.69, 9.17) is 0 Å². The van der Waals surface area contributed by atoms with Crippen molar-refractivity contribution in [2.24, 2.45) is 0 Å². The first-order valence-electron chi connectivity index (χ1n) is 7.10. The number of halogens is 1. The molecule has 116 valence electrons. The van der Waals surface area contributed by atoms with Gasteiger partial charge in [-0.05, 0) is 44.2 Å². The number of ketones is 1. The molecule has 0 spiro atoms. The summed E-state index contributed by atoms with van der Waals surface area (Å²) in [6.45, 7) is 4.65. The van der Waals surface area contributed by atoms with Crippen molar-refractivity contribution in [2.45, 2.75) is 26.3 Å². The molecule has 0 aliphatic rings. The lowest BCUT2D eigenvalue weighted by atomic mass is 10.0. The van der Waals surface area contributed by atoms with Crippen LogP contribution in [0.4, 0.5) is 4.39 Å². The number of carbonyl (C=O) groups is 2. The molecule has 0 radical (unpaired) electrons. The minimum Gasteiger partial charge on any atom is -0.348 e. The highest BCUT2D eigenvalue weighted by atomic mass is 19.1. The molecular weight excluding hydrogens is 271 g/mol. The van der Waals surface area contributed by atoms with Crippen LogP contribution in [0.2, 0.25) is 0 Å². The van der Waals surface area contributed by atoms with Crippen molar-refractivity contribution in [1.29, 1.82) is 0 Å². The quantitative estimate of drug-likeness (QED) is 0.724. The van der Waals surface area contributed by atoms with Crippen LogP contribution in [0.3, 0.4) is 0 Å². The molecule has 4 nitrogen and oxygen atoms in total. The molecule has 0 saturated heterocycles. The Morgan fingerprint density at radius 3 is 2.24 bits per heavy atom. The number of likely N-dealkylation sites (N-methyl/N-ethyl adjacent to an activating group) is 1. The van der Waals surface area contributed by atoms with E-state index < -0.39 is 6.04 Å². The standard InChI is InChI=1S/C16H23FN2O2/c1-5-10-19(11-15(20)18(3)4)12(2)16(21)13-6-8-14(17)9-7-13/h6-9,12H,5,10-11H2,1-4H3. The third-order valence-electron chi connectivity index (χ3n) is 3.40. The molecular formula is C16H23FN2O2. The molecule has 1 unspecified atom stereocenters. The second-order valence-corrected chi connectivity index (χ2v) is 5.31. The van der Waals surface area contributed by atoms with Crippen molar-refractivity contribution < 1.29 is 14.0 Å². The molecule has 0 bridgehead atoms. The average Bonchev–Trinajstić information content (AvgIpc) is 2.45. The summed E-state index contributed by atoms with van der Waals surface area (Å²) in [7, 11) is 3.39. The van der Waals surface area contributed by atoms with Crippen LogP contribution in [0.1, 0.15) is 30.6 Å². The van der Waals surface area contributed by atoms with Crippen molar-refractivity contribution in [3.8, 4) is 0 Å². The Kier molecular flexibility index (Phi) is 6.49. The molecule has 1 rings (SSSR count). The van der Waals surface area contributed by atoms with E-state index in [9.17, 15) is 14.0 Å². The number of carbonyl (C=O) groups excluding carboxylic acids is 2. The maximum absolute atomic E-state index is 12.9. The van der Waals surface area contributed by atoms with E-state index in [0.717, 1.165) is 6.42 Å². The fourth-order valence-corrected chi connectivity index (χ4v) is 2.03. The zero-order chi connectivity index (χ0) is 16.0. The number of Topliss-reactive ketones (excluding diaryl/α,β-unsaturated/α-hetero) is 1. The Bertz CT molecular complexity index is 486. The number of hydrogen-bond acceptors (Lipinski definition) is 3. The molecule has 21 heavy (non-hydrogen) atoms. The van der Waals surface area contributed by atoms with Gasteiger partial charge in [-0.1, -0.05) is 6.92 Å². The minimum atomic E-state index is -0.417. The third-order valence-corrected chi connectivity index (χ3v) is 3.40. The van der Waals surface area contributed by atoms with Crippen molar-refractivity contribution >= 4 is 11.7 Å². The Morgan fingerprint density at radius 1 is 1.19 bits per heavy atom. The summed E-state index contributed by atoms with van der Waals surface area (Å²) in [5.74, 6) is -0.510. The molecule has 5 heteroatoms. The van der Waals surface area contributed by atoms with Crippen LogP contribution >= 0.6 is 0 Å². The second kappa shape index (κ2) is 7.88. The lowest BCUT2D eigenvalue weighted by molar-refractivity contribution is -0.130. The number of amides is 1. The smallest absolute Gasteiger partial charge is 0.236 e. The van der Waals surface area contributed by atoms with Crippen LogP contribution < -0.4 is 0 Å². The van der Waals surface area contributed by atoms with Crippen LogP contribution in [0.15, 0.2) is 24.3 Å². The first-order valence-corrected chi connectivity index (χ1v) is 7.10. The molecule has 0 saturated carbocycles. The highest BCUT2D eigenvalue weighted by molar-refractivity contribution is 6.00. The van der Waals surface area contributed by atoms with Gasteiger partial charge in [-0.25, -0.2) is 4.39 Å². The molecule has 0 heterocycles. The molecule has 1 aromatic carbocycles. The summed E-state index contributed by atoms with van der Waals surface area (Å²) in [5.41, 5.74) is 0.460. The zero-order valence-corrected chi connectivity index (χ0v) is 13.1. The van der Waals surface area contributed by atoms with E-state index in [1.54, 1.807) is 21.0 Å². The predicted octanol–water partition coefficient (Wildman–Crippen LogP) is 2.20. The third kappa shape index (κ3) is 4.93. The van der Waals surface area contributed by atoms with Gasteiger partial charge in [0.25, 0.3) is 0 Å². The molecule has 0 aliphatic heterocycles. The Morgan fingerprint density at radius 2 is 1.76 bits per heavy atom. The van der Waals surface area contributed by atoms with Gasteiger partial charge in [0.15, 0.2) is 5.78 Å². The Labute approximate surface area is 125 Å². The zero-order valence-electron chi connectivity index (χ0n) is 13.1. The van der Waals surface area contributed by atoms with Crippen LogP contribution in [0.5, 0.6) is 0 Å². The van der Waals surface area contributed by atoms with Gasteiger partial charge >= 0.3 is 0 Å². The van der Waals surface area contributed by atoms with E-state index in [2.05, 4.69) is 0 Å². The van der Waals surface area contributed by atoms with Crippen molar-refractivity contribution in [3.05, 3.63) is 35.6 Å². The topological polar surface area (TPSA) is 40.6 Å². The molecule has 0 aliphatic carbocycles. The predicted molar refractivity (Wildman–Crippen MR) is 80.8 cm³/mol. The highest BCUT2D eigenvalue weighted by Gasteiger charge is 2.24. The Hall–Kier alpha value is -1.75. The van der Waals surface area contributed by atoms with Gasteiger partial charge in [-0.2, -0.15) is 0 Å². The van der Waals surface area contributed by atoms with Crippen molar-refractivity contribution in [3.63, 3.8) is 0 Å². The summed E-state index contributed by atoms with van der Waals surface area (Å²) in [6, 6.07) is 5.08. The highest BCUT2D eigenvalue weighted by Crippen LogP contribution is 2.11. The van der Waals surface area contributed by atoms with Gasteiger partial charge in [-0.3, -0.25) is 14.5 Å². The molecule has 0 aromatic heterocycles. The van der Waals surface area contributed by atoms with E-state index in [-0.39, 0.29) is 24.1 Å². The second-order valence-electron chi connectivity index (χ2n) is 5.31. The molecule has 0 fully saturated rings. The van der Waals surface area contributed by atoms with E-state index in [0.29, 0.717) is 12.1 Å². The molecule has 0 N–H and O–H groups in total. The Balaban J connectivity index is 2.84. The normalized spacial score (nSPS) is 12.3. The van der Waals surface area contributed by atoms with Gasteiger partial charge < -0.3 is 4.90 Å². The van der Waals surface area contributed by atoms with E-state index in [1.807, 2.05) is 11.8 Å². The van der Waals surface area contributed by atoms with Crippen LogP contribution in [0.25, 0.3) is 0 Å². The summed E-state index contributed by atoms with van der Waals surface area (Å²) < 4.78 is 12.9. The lowest BCUT2D eigenvalue weighted by Gasteiger charge is -2.28. The van der Waals surface area contributed by atoms with Gasteiger partial charge in [0.1, 0.15) is 5.82 Å². The first-order chi connectivity index (χ1) is 9.86. The number of rotatable bonds is 7. The van der Waals surface area contributed by atoms with E-state index >= 15 is 0 Å². The fraction of sp³-hybridized carbons (Fsp3) is 0.500. The maximum atomic E-state index is 12.9. The summed E-state index contributed by atoms with van der Waals surface area (Å²) in [6.07, 6.45) is 0.849. The first kappa shape index (κ1) is 17.3. The summed E-state index contributed by atoms with van der Waals surface area (Å²) in [5, 5.41) is 0. The molecule has 1 atom stereocenters. The van der Waals surface area contributed by atoms with Crippen molar-refractivity contribution in [1.82, 2.24) is 9.80 Å². The fourth-order valence-electron chi connectivity index (χ4n) is 2.03. The monoisotopic (exact) mass is 294 g/mol. The van der Waals surface area contributed by atoms with Gasteiger partial charge in [0.05, 0.1) is 12.6 Å². The summed E-state index contributed by atoms with van der Waals surface area (Å²) in [4.78, 5) is 27.7. The SMILES string of the molecule is CCCN(CC(=O)N(C)C)C(C)C(=O)c1ccc(F)cc1. The van der Waals surface area contributed by atoms with Gasteiger partial charge in [-0.15, -0.1) is 0 Å². The maximum Gasteiger partial charge on any atom is 0.236 e. The largest absolute Gasteiger partial charge is 0.348 e. The number of benzene rings is 1. The lowest BCUT2D eigenvalue weighted by Crippen LogP contribution is -2.45. The van der Waals surface area contributed by atoms with Crippen LogP contribution in [-0.4, -0.2) is 54.7 Å². The molecule has 1 aromatic rings. The van der Waals surface area contributed by atoms with E-state index in [1.165, 1.54) is 29.2 Å².